The smallest absolute Gasteiger partial charge is 0.159 e. The van der Waals surface area contributed by atoms with Crippen molar-refractivity contribution < 1.29 is 24.1 Å². The summed E-state index contributed by atoms with van der Waals surface area (Å²) < 4.78 is 21.8. The number of ether oxygens (including phenoxy) is 4. The van der Waals surface area contributed by atoms with Gasteiger partial charge in [0.1, 0.15) is 0 Å². The highest BCUT2D eigenvalue weighted by Crippen LogP contribution is 2.41. The van der Waals surface area contributed by atoms with Crippen LogP contribution >= 0.6 is 0 Å². The fourth-order valence-corrected chi connectivity index (χ4v) is 3.19. The topological polar surface area (TPSA) is 57.2 Å². The van der Waals surface area contributed by atoms with Gasteiger partial charge >= 0.3 is 0 Å². The van der Waals surface area contributed by atoms with Crippen molar-refractivity contribution in [2.45, 2.75) is 50.1 Å². The second-order valence-electron chi connectivity index (χ2n) is 5.99. The molecule has 0 aromatic carbocycles. The van der Waals surface area contributed by atoms with Crippen LogP contribution in [0.15, 0.2) is 0 Å². The van der Waals surface area contributed by atoms with Crippen molar-refractivity contribution in [3.63, 3.8) is 0 Å². The van der Waals surface area contributed by atoms with Gasteiger partial charge in [0.15, 0.2) is 6.29 Å². The highest BCUT2D eigenvalue weighted by Gasteiger charge is 2.46. The molecular formula is C14H26O5. The van der Waals surface area contributed by atoms with E-state index in [1.807, 2.05) is 6.92 Å². The fourth-order valence-electron chi connectivity index (χ4n) is 3.19. The minimum Gasteiger partial charge on any atom is -0.390 e. The van der Waals surface area contributed by atoms with Gasteiger partial charge in [-0.15, -0.1) is 0 Å². The maximum absolute atomic E-state index is 10.8. The first-order valence-electron chi connectivity index (χ1n) is 7.01. The summed E-state index contributed by atoms with van der Waals surface area (Å²) in [5, 5.41) is 10.8. The van der Waals surface area contributed by atoms with Gasteiger partial charge in [0.05, 0.1) is 17.8 Å². The van der Waals surface area contributed by atoms with Crippen molar-refractivity contribution >= 4 is 0 Å². The normalized spacial score (nSPS) is 34.9. The van der Waals surface area contributed by atoms with Crippen LogP contribution in [0.2, 0.25) is 0 Å². The lowest BCUT2D eigenvalue weighted by atomic mass is 9.74. The third-order valence-electron chi connectivity index (χ3n) is 4.55. The molecule has 0 aromatic rings. The number of hydrogen-bond acceptors (Lipinski definition) is 5. The van der Waals surface area contributed by atoms with E-state index in [1.54, 1.807) is 14.2 Å². The average molecular weight is 274 g/mol. The van der Waals surface area contributed by atoms with Crippen molar-refractivity contribution in [1.82, 2.24) is 0 Å². The summed E-state index contributed by atoms with van der Waals surface area (Å²) in [4.78, 5) is 0. The third kappa shape index (κ3) is 3.47. The Bertz CT molecular complexity index is 282. The maximum Gasteiger partial charge on any atom is 0.159 e. The molecule has 0 radical (unpaired) electrons. The van der Waals surface area contributed by atoms with E-state index in [1.165, 1.54) is 0 Å². The molecule has 0 saturated carbocycles. The molecule has 1 spiro atoms. The molecule has 2 heterocycles. The number of hydrogen-bond donors (Lipinski definition) is 1. The highest BCUT2D eigenvalue weighted by atomic mass is 16.7. The van der Waals surface area contributed by atoms with Crippen molar-refractivity contribution in [3.8, 4) is 0 Å². The summed E-state index contributed by atoms with van der Waals surface area (Å²) in [6.07, 6.45) is 2.75. The lowest BCUT2D eigenvalue weighted by Crippen LogP contribution is -2.49. The van der Waals surface area contributed by atoms with Gasteiger partial charge in [-0.1, -0.05) is 0 Å². The molecule has 5 heteroatoms. The number of aliphatic hydroxyl groups is 1. The SMILES string of the molecule is COC(CC(C)(O)C1CCOC2(CCOC2)C1)OC. The average Bonchev–Trinajstić information content (AvgIpc) is 2.84. The summed E-state index contributed by atoms with van der Waals surface area (Å²) in [6, 6.07) is 0. The Balaban J connectivity index is 1.99. The van der Waals surface area contributed by atoms with E-state index in [-0.39, 0.29) is 17.8 Å². The molecule has 1 N–H and O–H groups in total. The molecule has 2 aliphatic heterocycles. The standard InChI is InChI=1S/C14H26O5/c1-13(15,9-12(16-2)17-3)11-4-6-19-14(8-11)5-7-18-10-14/h11-12,15H,4-10H2,1-3H3. The van der Waals surface area contributed by atoms with Gasteiger partial charge < -0.3 is 24.1 Å². The molecular weight excluding hydrogens is 248 g/mol. The van der Waals surface area contributed by atoms with Crippen LogP contribution in [0.25, 0.3) is 0 Å². The zero-order chi connectivity index (χ0) is 13.9. The second kappa shape index (κ2) is 6.06. The summed E-state index contributed by atoms with van der Waals surface area (Å²) in [5.74, 6) is 0.191. The van der Waals surface area contributed by atoms with E-state index < -0.39 is 5.60 Å². The Morgan fingerprint density at radius 2 is 2.11 bits per heavy atom. The van der Waals surface area contributed by atoms with Gasteiger partial charge in [-0.25, -0.2) is 0 Å². The minimum absolute atomic E-state index is 0.178. The van der Waals surface area contributed by atoms with E-state index in [9.17, 15) is 5.11 Å². The first-order valence-corrected chi connectivity index (χ1v) is 7.01. The Labute approximate surface area is 115 Å². The van der Waals surface area contributed by atoms with Crippen LogP contribution in [0.5, 0.6) is 0 Å². The first kappa shape index (κ1) is 15.2. The molecule has 112 valence electrons. The first-order chi connectivity index (χ1) is 9.01. The molecule has 0 aliphatic carbocycles. The third-order valence-corrected chi connectivity index (χ3v) is 4.55. The molecule has 2 aliphatic rings. The second-order valence-corrected chi connectivity index (χ2v) is 5.99. The Kier molecular flexibility index (Phi) is 4.84. The van der Waals surface area contributed by atoms with Crippen molar-refractivity contribution in [3.05, 3.63) is 0 Å². The van der Waals surface area contributed by atoms with Gasteiger partial charge in [-0.05, 0) is 25.7 Å². The summed E-state index contributed by atoms with van der Waals surface area (Å²) in [5.41, 5.74) is -0.987. The predicted octanol–water partition coefficient (Wildman–Crippen LogP) is 1.33. The maximum atomic E-state index is 10.8. The van der Waals surface area contributed by atoms with Crippen LogP contribution in [-0.2, 0) is 18.9 Å². The van der Waals surface area contributed by atoms with Crippen LogP contribution in [0.3, 0.4) is 0 Å². The van der Waals surface area contributed by atoms with Crippen LogP contribution in [-0.4, -0.2) is 56.6 Å². The Hall–Kier alpha value is -0.200. The predicted molar refractivity (Wildman–Crippen MR) is 69.9 cm³/mol. The van der Waals surface area contributed by atoms with E-state index in [4.69, 9.17) is 18.9 Å². The monoisotopic (exact) mass is 274 g/mol. The van der Waals surface area contributed by atoms with Gasteiger partial charge in [0.25, 0.3) is 0 Å². The van der Waals surface area contributed by atoms with Crippen LogP contribution in [0.1, 0.15) is 32.6 Å². The van der Waals surface area contributed by atoms with E-state index in [2.05, 4.69) is 0 Å². The Morgan fingerprint density at radius 1 is 1.37 bits per heavy atom. The summed E-state index contributed by atoms with van der Waals surface area (Å²) in [6.45, 7) is 3.97. The molecule has 2 saturated heterocycles. The molecule has 2 rings (SSSR count). The van der Waals surface area contributed by atoms with Gasteiger partial charge in [0, 0.05) is 40.3 Å². The number of rotatable bonds is 5. The molecule has 0 bridgehead atoms. The van der Waals surface area contributed by atoms with Gasteiger partial charge in [-0.2, -0.15) is 0 Å². The van der Waals surface area contributed by atoms with Crippen LogP contribution < -0.4 is 0 Å². The highest BCUT2D eigenvalue weighted by molar-refractivity contribution is 4.96. The quantitative estimate of drug-likeness (QED) is 0.767. The minimum atomic E-state index is -0.809. The molecule has 5 nitrogen and oxygen atoms in total. The zero-order valence-corrected chi connectivity index (χ0v) is 12.2. The molecule has 2 fully saturated rings. The largest absolute Gasteiger partial charge is 0.390 e. The number of methoxy groups -OCH3 is 2. The van der Waals surface area contributed by atoms with E-state index >= 15 is 0 Å². The van der Waals surface area contributed by atoms with Crippen molar-refractivity contribution in [1.29, 1.82) is 0 Å². The summed E-state index contributed by atoms with van der Waals surface area (Å²) >= 11 is 0. The Morgan fingerprint density at radius 3 is 2.68 bits per heavy atom. The lowest BCUT2D eigenvalue weighted by molar-refractivity contribution is -0.178. The van der Waals surface area contributed by atoms with Gasteiger partial charge in [-0.3, -0.25) is 0 Å². The van der Waals surface area contributed by atoms with Crippen LogP contribution in [0.4, 0.5) is 0 Å². The fraction of sp³-hybridized carbons (Fsp3) is 1.00. The molecule has 19 heavy (non-hydrogen) atoms. The van der Waals surface area contributed by atoms with Crippen LogP contribution in [0, 0.1) is 5.92 Å². The zero-order valence-electron chi connectivity index (χ0n) is 12.2. The molecule has 0 aromatic heterocycles. The summed E-state index contributed by atoms with van der Waals surface area (Å²) in [7, 11) is 3.20. The van der Waals surface area contributed by atoms with E-state index in [0.717, 1.165) is 25.9 Å². The molecule has 3 atom stereocenters. The molecule has 3 unspecified atom stereocenters. The van der Waals surface area contributed by atoms with E-state index in [0.29, 0.717) is 19.6 Å². The van der Waals surface area contributed by atoms with Gasteiger partial charge in [0.2, 0.25) is 0 Å². The molecule has 0 amide bonds. The lowest BCUT2D eigenvalue weighted by Gasteiger charge is -2.43. The van der Waals surface area contributed by atoms with Crippen molar-refractivity contribution in [2.24, 2.45) is 5.92 Å². The van der Waals surface area contributed by atoms with Crippen molar-refractivity contribution in [2.75, 3.05) is 34.0 Å².